The van der Waals surface area contributed by atoms with Crippen LogP contribution in [0.5, 0.6) is 0 Å². The summed E-state index contributed by atoms with van der Waals surface area (Å²) in [6.07, 6.45) is 5.64. The number of hydrogen-bond acceptors (Lipinski definition) is 12. The van der Waals surface area contributed by atoms with Crippen molar-refractivity contribution in [3.05, 3.63) is 0 Å². The molecule has 388 valence electrons. The van der Waals surface area contributed by atoms with Gasteiger partial charge in [-0.2, -0.15) is 0 Å². The van der Waals surface area contributed by atoms with Crippen molar-refractivity contribution in [2.45, 2.75) is 227 Å². The first-order valence-electron chi connectivity index (χ1n) is 24.2. The Morgan fingerprint density at radius 3 is 1.02 bits per heavy atom. The van der Waals surface area contributed by atoms with Crippen LogP contribution in [0.15, 0.2) is 0 Å². The lowest BCUT2D eigenvalue weighted by Gasteiger charge is -2.49. The summed E-state index contributed by atoms with van der Waals surface area (Å²) in [5.41, 5.74) is 0.670. The van der Waals surface area contributed by atoms with Crippen LogP contribution in [0.4, 0.5) is 0 Å². The van der Waals surface area contributed by atoms with Gasteiger partial charge in [-0.15, -0.1) is 0 Å². The van der Waals surface area contributed by atoms with Crippen LogP contribution in [-0.4, -0.2) is 136 Å². The summed E-state index contributed by atoms with van der Waals surface area (Å²) in [6, 6.07) is 3.16. The van der Waals surface area contributed by atoms with E-state index in [0.29, 0.717) is 18.9 Å². The molecule has 0 amide bonds. The van der Waals surface area contributed by atoms with Crippen LogP contribution in [0.1, 0.15) is 46.0 Å². The highest BCUT2D eigenvalue weighted by atomic mass is 28.6. The van der Waals surface area contributed by atoms with E-state index in [2.05, 4.69) is 171 Å². The van der Waals surface area contributed by atoms with E-state index >= 15 is 0 Å². The summed E-state index contributed by atoms with van der Waals surface area (Å²) in [4.78, 5) is 0. The van der Waals surface area contributed by atoms with Crippen molar-refractivity contribution in [3.8, 4) is 0 Å². The molecule has 64 heavy (non-hydrogen) atoms. The lowest BCUT2D eigenvalue weighted by atomic mass is 10.4. The number of hydrogen-bond donors (Lipinski definition) is 0. The number of methoxy groups -OCH3 is 1. The Labute approximate surface area is 410 Å². The van der Waals surface area contributed by atoms with Gasteiger partial charge in [0.25, 0.3) is 0 Å². The van der Waals surface area contributed by atoms with Gasteiger partial charge in [-0.3, -0.25) is 0 Å². The van der Waals surface area contributed by atoms with Gasteiger partial charge in [0, 0.05) is 26.5 Å². The second-order valence-electron chi connectivity index (χ2n) is 24.2. The van der Waals surface area contributed by atoms with Crippen molar-refractivity contribution < 1.29 is 50.9 Å². The minimum atomic E-state index is -3.46. The molecule has 12 nitrogen and oxygen atoms in total. The van der Waals surface area contributed by atoms with Crippen LogP contribution < -0.4 is 0 Å². The van der Waals surface area contributed by atoms with E-state index in [1.807, 2.05) is 0 Å². The van der Waals surface area contributed by atoms with Gasteiger partial charge >= 0.3 is 51.6 Å². The van der Waals surface area contributed by atoms with E-state index < -0.39 is 102 Å². The van der Waals surface area contributed by atoms with Gasteiger partial charge in [0.15, 0.2) is 49.9 Å². The predicted molar refractivity (Wildman–Crippen MR) is 303 cm³/mol. The molecule has 0 rings (SSSR count). The smallest absolute Gasteiger partial charge is 0.456 e. The first-order chi connectivity index (χ1) is 28.3. The molecule has 0 saturated carbocycles. The minimum absolute atomic E-state index is 0.638. The second kappa shape index (κ2) is 27.8. The number of rotatable bonds is 34. The molecule has 0 bridgehead atoms. The monoisotopic (exact) mass is 1120 g/mol. The maximum Gasteiger partial charge on any atom is 0.473 e. The van der Waals surface area contributed by atoms with Crippen molar-refractivity contribution in [2.75, 3.05) is 34.0 Å². The summed E-state index contributed by atoms with van der Waals surface area (Å²) in [7, 11) is -24.0. The standard InChI is InChI=1S/C27H74O7Si9.C13H34O5Si3/c1-21-23-25-37(9,10)30-41(17,18)33-43(27-39(13,14)28-35(3,4)5,32-40(15,16)29-36(6,7)8)34-42(19,20)31-38(11,12)26-24-22-2;1-14-11-12-16-10-9-13-21(8,15-2)18-20(6,7)17-19(3,4)5/h21-27H2,1-20H3;9-13H2,1-8H3. The van der Waals surface area contributed by atoms with Crippen molar-refractivity contribution in [1.29, 1.82) is 0 Å². The van der Waals surface area contributed by atoms with Gasteiger partial charge < -0.3 is 50.9 Å². The number of ether oxygens (including phenoxy) is 2. The molecule has 0 fully saturated rings. The van der Waals surface area contributed by atoms with Gasteiger partial charge in [0.05, 0.1) is 13.2 Å². The van der Waals surface area contributed by atoms with E-state index in [-0.39, 0.29) is 0 Å². The Bertz CT molecular complexity index is 1220. The van der Waals surface area contributed by atoms with Gasteiger partial charge in [-0.1, -0.05) is 39.5 Å². The molecular formula is C40H108O12Si12. The molecule has 1 atom stereocenters. The van der Waals surface area contributed by atoms with E-state index in [4.69, 9.17) is 50.9 Å². The first-order valence-corrected chi connectivity index (χ1v) is 59.5. The lowest BCUT2D eigenvalue weighted by Crippen LogP contribution is -2.68. The van der Waals surface area contributed by atoms with Crippen molar-refractivity contribution in [1.82, 2.24) is 0 Å². The summed E-state index contributed by atoms with van der Waals surface area (Å²) < 4.78 is 78.9. The Morgan fingerprint density at radius 1 is 0.328 bits per heavy atom. The normalized spacial score (nSPS) is 15.6. The van der Waals surface area contributed by atoms with E-state index in [1.165, 1.54) is 25.7 Å². The molecule has 0 aromatic rings. The van der Waals surface area contributed by atoms with E-state index in [0.717, 1.165) is 31.2 Å². The average Bonchev–Trinajstić information content (AvgIpc) is 2.98. The fourth-order valence-corrected chi connectivity index (χ4v) is 67.2. The topological polar surface area (TPSA) is 111 Å². The molecule has 0 heterocycles. The molecule has 0 aromatic heterocycles. The molecule has 0 saturated heterocycles. The van der Waals surface area contributed by atoms with Crippen LogP contribution in [0.3, 0.4) is 0 Å². The summed E-state index contributed by atoms with van der Waals surface area (Å²) in [5, 5.41) is 0. The Balaban J connectivity index is 0. The van der Waals surface area contributed by atoms with Crippen LogP contribution in [0, 0.1) is 0 Å². The molecule has 0 spiro atoms. The van der Waals surface area contributed by atoms with Crippen molar-refractivity contribution >= 4 is 102 Å². The third-order valence-corrected chi connectivity index (χ3v) is 54.6. The second-order valence-corrected chi connectivity index (χ2v) is 73.0. The quantitative estimate of drug-likeness (QED) is 0.0452. The fraction of sp³-hybridized carbons (Fsp3) is 1.00. The van der Waals surface area contributed by atoms with Crippen molar-refractivity contribution in [3.63, 3.8) is 0 Å². The third-order valence-electron chi connectivity index (χ3n) is 9.09. The zero-order valence-electron chi connectivity index (χ0n) is 47.4. The highest BCUT2D eigenvalue weighted by Crippen LogP contribution is 2.37. The number of unbranched alkanes of at least 4 members (excludes halogenated alkanes) is 2. The first kappa shape index (κ1) is 68.2. The SMILES string of the molecule is CCCC[Si](C)(C)O[Si](C)(C)O[Si](C[Si](C)(C)O[Si](C)(C)C)(O[Si](C)(C)O[Si](C)(C)C)O[Si](C)(C)O[Si](C)(C)CCCC.COCCOCCC[Si](C)(OC)O[Si](C)(C)O[Si](C)(C)C. The Kier molecular flexibility index (Phi) is 29.6. The molecule has 0 aliphatic heterocycles. The summed E-state index contributed by atoms with van der Waals surface area (Å²) >= 11 is 0. The third kappa shape index (κ3) is 36.1. The maximum absolute atomic E-state index is 7.43. The van der Waals surface area contributed by atoms with Gasteiger partial charge in [0.1, 0.15) is 0 Å². The molecule has 0 N–H and O–H groups in total. The fourth-order valence-electron chi connectivity index (χ4n) is 8.33. The summed E-state index contributed by atoms with van der Waals surface area (Å²) in [6.45, 7) is 60.0. The van der Waals surface area contributed by atoms with Gasteiger partial charge in [-0.25, -0.2) is 0 Å². The van der Waals surface area contributed by atoms with Crippen LogP contribution in [0.2, 0.25) is 181 Å². The van der Waals surface area contributed by atoms with Gasteiger partial charge in [0.2, 0.25) is 0 Å². The zero-order chi connectivity index (χ0) is 51.0. The van der Waals surface area contributed by atoms with Crippen LogP contribution in [0.25, 0.3) is 0 Å². The largest absolute Gasteiger partial charge is 0.473 e. The molecule has 0 aromatic carbocycles. The molecule has 0 aliphatic rings. The highest BCUT2D eigenvalue weighted by Gasteiger charge is 2.59. The molecular weight excluding hydrogens is 1010 g/mol. The van der Waals surface area contributed by atoms with E-state index in [9.17, 15) is 0 Å². The maximum atomic E-state index is 7.43. The minimum Gasteiger partial charge on any atom is -0.456 e. The summed E-state index contributed by atoms with van der Waals surface area (Å²) in [5.74, 6) is 0. The van der Waals surface area contributed by atoms with Crippen LogP contribution >= 0.6 is 0 Å². The average molecular weight is 1120 g/mol. The van der Waals surface area contributed by atoms with Crippen molar-refractivity contribution in [2.24, 2.45) is 0 Å². The Morgan fingerprint density at radius 2 is 0.688 bits per heavy atom. The molecule has 0 aliphatic carbocycles. The lowest BCUT2D eigenvalue weighted by molar-refractivity contribution is 0.0701. The highest BCUT2D eigenvalue weighted by molar-refractivity contribution is 6.99. The van der Waals surface area contributed by atoms with Crippen LogP contribution in [-0.2, 0) is 50.9 Å². The van der Waals surface area contributed by atoms with Gasteiger partial charge in [-0.05, 0) is 182 Å². The zero-order valence-corrected chi connectivity index (χ0v) is 59.4. The predicted octanol–water partition coefficient (Wildman–Crippen LogP) is 13.9. The molecule has 0 radical (unpaired) electrons. The molecule has 1 unspecified atom stereocenters. The van der Waals surface area contributed by atoms with E-state index in [1.54, 1.807) is 14.2 Å². The Hall–Kier alpha value is 2.12. The molecule has 24 heteroatoms.